The van der Waals surface area contributed by atoms with Gasteiger partial charge in [0.2, 0.25) is 5.82 Å². The predicted octanol–water partition coefficient (Wildman–Crippen LogP) is 4.38. The van der Waals surface area contributed by atoms with Gasteiger partial charge in [0.15, 0.2) is 0 Å². The van der Waals surface area contributed by atoms with Gasteiger partial charge in [-0.05, 0) is 60.0 Å². The van der Waals surface area contributed by atoms with Gasteiger partial charge in [-0.1, -0.05) is 67.6 Å². The maximum Gasteiger partial charge on any atom is 0.257 e. The molecule has 0 spiro atoms. The van der Waals surface area contributed by atoms with Crippen LogP contribution in [0.3, 0.4) is 0 Å². The maximum atomic E-state index is 14.1. The van der Waals surface area contributed by atoms with E-state index in [4.69, 9.17) is 4.98 Å². The van der Waals surface area contributed by atoms with E-state index in [0.29, 0.717) is 36.3 Å². The lowest BCUT2D eigenvalue weighted by molar-refractivity contribution is 0.0664. The largest absolute Gasteiger partial charge is 0.336 e. The number of piperazine rings is 1. The number of tetrazole rings is 1. The van der Waals surface area contributed by atoms with E-state index in [0.717, 1.165) is 71.9 Å². The normalized spacial score (nSPS) is 13.7. The summed E-state index contributed by atoms with van der Waals surface area (Å²) in [4.78, 5) is 36.4. The van der Waals surface area contributed by atoms with Gasteiger partial charge in [-0.2, -0.15) is 5.21 Å². The third-order valence-electron chi connectivity index (χ3n) is 8.49. The Kier molecular flexibility index (Phi) is 8.93. The molecule has 2 aromatic heterocycles. The zero-order valence-electron chi connectivity index (χ0n) is 26.0. The van der Waals surface area contributed by atoms with Crippen molar-refractivity contribution in [1.29, 1.82) is 0 Å². The number of nitrogens with one attached hydrogen (secondary N) is 1. The predicted molar refractivity (Wildman–Crippen MR) is 174 cm³/mol. The average Bonchev–Trinajstić information content (AvgIpc) is 3.61. The van der Waals surface area contributed by atoms with E-state index in [2.05, 4.69) is 63.8 Å². The molecule has 3 heterocycles. The van der Waals surface area contributed by atoms with Crippen molar-refractivity contribution in [1.82, 2.24) is 40.0 Å². The zero-order chi connectivity index (χ0) is 31.3. The monoisotopic (exact) mass is 602 g/mol. The molecule has 0 bridgehead atoms. The standard InChI is InChI=1S/C35H38N8O2/c1-4-8-32-36-24(2)31(22-26-9-7-10-28(21-26)34(44)42-19-17-41(3)18-20-42)35(45)43(32)23-25-13-15-27(16-14-25)29-11-5-6-12-30(29)33-37-39-40-38-33/h5-7,9-16,21H,4,8,17-20,22-23H2,1-3H3,(H,37,38,39,40). The lowest BCUT2D eigenvalue weighted by Crippen LogP contribution is -2.47. The smallest absolute Gasteiger partial charge is 0.257 e. The van der Waals surface area contributed by atoms with Gasteiger partial charge < -0.3 is 9.80 Å². The van der Waals surface area contributed by atoms with Crippen molar-refractivity contribution in [2.24, 2.45) is 0 Å². The molecule has 1 saturated heterocycles. The van der Waals surface area contributed by atoms with Gasteiger partial charge in [-0.25, -0.2) is 4.98 Å². The van der Waals surface area contributed by atoms with Gasteiger partial charge >= 0.3 is 0 Å². The van der Waals surface area contributed by atoms with Gasteiger partial charge in [-0.3, -0.25) is 14.2 Å². The van der Waals surface area contributed by atoms with Crippen molar-refractivity contribution in [3.05, 3.63) is 117 Å². The van der Waals surface area contributed by atoms with Crippen LogP contribution in [-0.2, 0) is 19.4 Å². The fourth-order valence-electron chi connectivity index (χ4n) is 5.93. The summed E-state index contributed by atoms with van der Waals surface area (Å²) in [5.74, 6) is 1.37. The first-order chi connectivity index (χ1) is 21.9. The Labute approximate surface area is 262 Å². The van der Waals surface area contributed by atoms with Crippen molar-refractivity contribution in [2.75, 3.05) is 33.2 Å². The molecule has 1 fully saturated rings. The Balaban J connectivity index is 1.26. The third-order valence-corrected chi connectivity index (χ3v) is 8.49. The van der Waals surface area contributed by atoms with E-state index >= 15 is 0 Å². The number of nitrogens with zero attached hydrogens (tertiary/aromatic N) is 7. The number of rotatable bonds is 9. The number of H-pyrrole nitrogens is 1. The van der Waals surface area contributed by atoms with E-state index in [1.165, 1.54) is 0 Å². The Morgan fingerprint density at radius 3 is 2.38 bits per heavy atom. The number of likely N-dealkylation sites (N-methyl/N-ethyl adjacent to an activating group) is 1. The molecular formula is C35H38N8O2. The summed E-state index contributed by atoms with van der Waals surface area (Å²) in [7, 11) is 2.08. The van der Waals surface area contributed by atoms with Gasteiger partial charge in [-0.15, -0.1) is 10.2 Å². The number of carbonyl (C=O) groups excluding carboxylic acids is 1. The van der Waals surface area contributed by atoms with Crippen molar-refractivity contribution in [3.8, 4) is 22.5 Å². The molecule has 230 valence electrons. The first-order valence-electron chi connectivity index (χ1n) is 15.5. The second-order valence-electron chi connectivity index (χ2n) is 11.7. The number of hydrogen-bond donors (Lipinski definition) is 1. The first-order valence-corrected chi connectivity index (χ1v) is 15.5. The van der Waals surface area contributed by atoms with Crippen LogP contribution in [0.4, 0.5) is 0 Å². The molecule has 10 nitrogen and oxygen atoms in total. The van der Waals surface area contributed by atoms with Crippen LogP contribution in [0.5, 0.6) is 0 Å². The second kappa shape index (κ2) is 13.4. The molecule has 1 N–H and O–H groups in total. The molecule has 1 aliphatic rings. The number of amides is 1. The molecule has 1 amide bonds. The Morgan fingerprint density at radius 2 is 1.67 bits per heavy atom. The van der Waals surface area contributed by atoms with E-state index in [-0.39, 0.29) is 11.5 Å². The van der Waals surface area contributed by atoms with Gasteiger partial charge in [0.05, 0.1) is 6.54 Å². The molecule has 0 saturated carbocycles. The van der Waals surface area contributed by atoms with E-state index in [1.807, 2.05) is 64.9 Å². The zero-order valence-corrected chi connectivity index (χ0v) is 26.0. The summed E-state index contributed by atoms with van der Waals surface area (Å²) in [5, 5.41) is 14.5. The molecule has 3 aromatic carbocycles. The molecule has 45 heavy (non-hydrogen) atoms. The van der Waals surface area contributed by atoms with E-state index in [9.17, 15) is 9.59 Å². The van der Waals surface area contributed by atoms with E-state index in [1.54, 1.807) is 0 Å². The molecular weight excluding hydrogens is 564 g/mol. The van der Waals surface area contributed by atoms with Gasteiger partial charge in [0, 0.05) is 61.4 Å². The Bertz CT molecular complexity index is 1840. The highest BCUT2D eigenvalue weighted by Crippen LogP contribution is 2.30. The van der Waals surface area contributed by atoms with Crippen molar-refractivity contribution < 1.29 is 4.79 Å². The van der Waals surface area contributed by atoms with Crippen LogP contribution in [0.2, 0.25) is 0 Å². The second-order valence-corrected chi connectivity index (χ2v) is 11.7. The molecule has 0 atom stereocenters. The minimum absolute atomic E-state index is 0.0340. The SMILES string of the molecule is CCCc1nc(C)c(Cc2cccc(C(=O)N3CCN(C)CC3)c2)c(=O)n1Cc1ccc(-c2ccccc2-c2nn[nH]n2)cc1. The highest BCUT2D eigenvalue weighted by molar-refractivity contribution is 5.94. The number of carbonyl (C=O) groups is 1. The molecule has 0 unspecified atom stereocenters. The number of hydrogen-bond acceptors (Lipinski definition) is 7. The molecule has 5 aromatic rings. The Hall–Kier alpha value is -4.96. The molecule has 6 rings (SSSR count). The minimum Gasteiger partial charge on any atom is -0.336 e. The lowest BCUT2D eigenvalue weighted by atomic mass is 9.98. The number of aromatic nitrogens is 6. The topological polar surface area (TPSA) is 113 Å². The fraction of sp³-hybridized carbons (Fsp3) is 0.314. The van der Waals surface area contributed by atoms with Crippen LogP contribution >= 0.6 is 0 Å². The summed E-state index contributed by atoms with van der Waals surface area (Å²) < 4.78 is 1.81. The summed E-state index contributed by atoms with van der Waals surface area (Å²) in [6.45, 7) is 7.61. The summed E-state index contributed by atoms with van der Waals surface area (Å²) in [5.41, 5.74) is 6.87. The number of aromatic amines is 1. The van der Waals surface area contributed by atoms with Crippen LogP contribution in [-0.4, -0.2) is 79.1 Å². The number of aryl methyl sites for hydroxylation is 2. The molecule has 0 radical (unpaired) electrons. The fourth-order valence-corrected chi connectivity index (χ4v) is 5.93. The quantitative estimate of drug-likeness (QED) is 0.267. The highest BCUT2D eigenvalue weighted by atomic mass is 16.2. The van der Waals surface area contributed by atoms with Crippen molar-refractivity contribution in [2.45, 2.75) is 39.7 Å². The molecule has 1 aliphatic heterocycles. The van der Waals surface area contributed by atoms with Crippen molar-refractivity contribution in [3.63, 3.8) is 0 Å². The van der Waals surface area contributed by atoms with Crippen LogP contribution in [0.15, 0.2) is 77.6 Å². The maximum absolute atomic E-state index is 14.1. The molecule has 0 aliphatic carbocycles. The van der Waals surface area contributed by atoms with Crippen molar-refractivity contribution >= 4 is 5.91 Å². The summed E-state index contributed by atoms with van der Waals surface area (Å²) in [6.07, 6.45) is 2.01. The van der Waals surface area contributed by atoms with Crippen LogP contribution in [0.1, 0.15) is 51.9 Å². The van der Waals surface area contributed by atoms with Crippen LogP contribution in [0, 0.1) is 6.92 Å². The number of benzene rings is 3. The highest BCUT2D eigenvalue weighted by Gasteiger charge is 2.21. The van der Waals surface area contributed by atoms with Crippen LogP contribution < -0.4 is 5.56 Å². The summed E-state index contributed by atoms with van der Waals surface area (Å²) in [6, 6.07) is 23.9. The Morgan fingerprint density at radius 1 is 0.911 bits per heavy atom. The van der Waals surface area contributed by atoms with Crippen LogP contribution in [0.25, 0.3) is 22.5 Å². The third kappa shape index (κ3) is 6.61. The van der Waals surface area contributed by atoms with E-state index < -0.39 is 0 Å². The summed E-state index contributed by atoms with van der Waals surface area (Å²) >= 11 is 0. The minimum atomic E-state index is -0.0340. The van der Waals surface area contributed by atoms with Gasteiger partial charge in [0.25, 0.3) is 11.5 Å². The first kappa shape index (κ1) is 30.1. The average molecular weight is 603 g/mol. The lowest BCUT2D eigenvalue weighted by Gasteiger charge is -2.32. The molecule has 10 heteroatoms. The van der Waals surface area contributed by atoms with Gasteiger partial charge in [0.1, 0.15) is 5.82 Å².